The fraction of sp³-hybridized carbons (Fsp3) is 0.227. The van der Waals surface area contributed by atoms with Gasteiger partial charge in [-0.15, -0.1) is 11.3 Å². The third-order valence-corrected chi connectivity index (χ3v) is 6.37. The third kappa shape index (κ3) is 3.57. The lowest BCUT2D eigenvalue weighted by molar-refractivity contribution is 0.102. The lowest BCUT2D eigenvalue weighted by atomic mass is 10.2. The molecule has 32 heavy (non-hydrogen) atoms. The van der Waals surface area contributed by atoms with E-state index < -0.39 is 11.7 Å². The Morgan fingerprint density at radius 2 is 1.91 bits per heavy atom. The van der Waals surface area contributed by atoms with E-state index in [0.717, 1.165) is 37.4 Å². The minimum atomic E-state index is -0.456. The number of fused-ring (bicyclic) bond motifs is 1. The summed E-state index contributed by atoms with van der Waals surface area (Å²) in [5.74, 6) is -0.886. The van der Waals surface area contributed by atoms with Crippen LogP contribution < -0.4 is 21.2 Å². The molecule has 0 saturated carbocycles. The van der Waals surface area contributed by atoms with Crippen molar-refractivity contribution in [1.29, 1.82) is 0 Å². The molecule has 1 amide bonds. The fourth-order valence-corrected chi connectivity index (χ4v) is 4.73. The Balaban J connectivity index is 1.45. The maximum Gasteiger partial charge on any atom is 0.335 e. The van der Waals surface area contributed by atoms with Crippen LogP contribution >= 0.6 is 11.3 Å². The van der Waals surface area contributed by atoms with Crippen LogP contribution in [0.15, 0.2) is 52.6 Å². The topological polar surface area (TPSA) is 84.2 Å². The number of aryl methyl sites for hydroxylation is 1. The Bertz CT molecular complexity index is 1370. The van der Waals surface area contributed by atoms with Gasteiger partial charge >= 0.3 is 5.69 Å². The van der Waals surface area contributed by atoms with Crippen molar-refractivity contribution in [3.8, 4) is 5.13 Å². The van der Waals surface area contributed by atoms with Crippen LogP contribution in [0.3, 0.4) is 0 Å². The Hall–Kier alpha value is -3.50. The number of piperazine rings is 1. The number of aromatic nitrogens is 3. The number of para-hydroxylation sites is 2. The van der Waals surface area contributed by atoms with Gasteiger partial charge in [-0.05, 0) is 30.3 Å². The van der Waals surface area contributed by atoms with E-state index in [1.165, 1.54) is 28.0 Å². The number of hydrogen-bond donors (Lipinski definition) is 2. The lowest BCUT2D eigenvalue weighted by Crippen LogP contribution is -2.43. The normalized spacial score (nSPS) is 14.1. The molecule has 10 heteroatoms. The van der Waals surface area contributed by atoms with Crippen molar-refractivity contribution < 1.29 is 9.18 Å². The van der Waals surface area contributed by atoms with E-state index in [1.54, 1.807) is 23.1 Å². The quantitative estimate of drug-likeness (QED) is 0.497. The van der Waals surface area contributed by atoms with Crippen molar-refractivity contribution in [2.45, 2.75) is 0 Å². The van der Waals surface area contributed by atoms with Gasteiger partial charge in [0.15, 0.2) is 5.13 Å². The predicted octanol–water partition coefficient (Wildman–Crippen LogP) is 2.59. The van der Waals surface area contributed by atoms with Crippen LogP contribution in [0.5, 0.6) is 0 Å². The predicted molar refractivity (Wildman–Crippen MR) is 124 cm³/mol. The van der Waals surface area contributed by atoms with Crippen molar-refractivity contribution in [1.82, 2.24) is 19.4 Å². The molecule has 2 aromatic heterocycles. The highest BCUT2D eigenvalue weighted by Gasteiger charge is 2.20. The number of carbonyl (C=O) groups is 1. The Morgan fingerprint density at radius 3 is 2.69 bits per heavy atom. The van der Waals surface area contributed by atoms with Gasteiger partial charge in [0.2, 0.25) is 0 Å². The van der Waals surface area contributed by atoms with Gasteiger partial charge in [-0.1, -0.05) is 12.1 Å². The highest BCUT2D eigenvalue weighted by Crippen LogP contribution is 2.28. The van der Waals surface area contributed by atoms with Gasteiger partial charge in [0.1, 0.15) is 11.5 Å². The number of nitrogens with one attached hydrogen (secondary N) is 2. The molecule has 1 aliphatic heterocycles. The first kappa shape index (κ1) is 20.4. The van der Waals surface area contributed by atoms with Crippen LogP contribution in [-0.4, -0.2) is 46.2 Å². The summed E-state index contributed by atoms with van der Waals surface area (Å²) in [4.78, 5) is 32.2. The third-order valence-electron chi connectivity index (χ3n) is 5.54. The van der Waals surface area contributed by atoms with Gasteiger partial charge in [-0.3, -0.25) is 9.36 Å². The molecule has 1 saturated heterocycles. The van der Waals surface area contributed by atoms with E-state index in [1.807, 2.05) is 24.3 Å². The van der Waals surface area contributed by atoms with Crippen LogP contribution in [0.2, 0.25) is 0 Å². The molecule has 0 radical (unpaired) electrons. The smallest absolute Gasteiger partial charge is 0.335 e. The molecule has 0 spiro atoms. The molecule has 1 aliphatic rings. The summed E-state index contributed by atoms with van der Waals surface area (Å²) in [7, 11) is 1.70. The van der Waals surface area contributed by atoms with Crippen molar-refractivity contribution >= 4 is 39.7 Å². The van der Waals surface area contributed by atoms with E-state index in [9.17, 15) is 14.0 Å². The van der Waals surface area contributed by atoms with Crippen LogP contribution in [0.4, 0.5) is 15.8 Å². The zero-order chi connectivity index (χ0) is 22.2. The second-order valence-corrected chi connectivity index (χ2v) is 8.37. The molecular weight excluding hydrogens is 431 g/mol. The molecule has 5 rings (SSSR count). The summed E-state index contributed by atoms with van der Waals surface area (Å²) in [6.45, 7) is 3.17. The number of benzene rings is 2. The molecule has 8 nitrogen and oxygen atoms in total. The van der Waals surface area contributed by atoms with Crippen molar-refractivity contribution in [3.63, 3.8) is 0 Å². The number of carbonyl (C=O) groups excluding carboxylic acids is 1. The summed E-state index contributed by atoms with van der Waals surface area (Å²) in [6, 6.07) is 11.8. The highest BCUT2D eigenvalue weighted by atomic mass is 32.1. The molecule has 4 aromatic rings. The molecule has 2 N–H and O–H groups in total. The summed E-state index contributed by atoms with van der Waals surface area (Å²) in [5, 5.41) is 8.08. The van der Waals surface area contributed by atoms with Gasteiger partial charge in [0.25, 0.3) is 5.91 Å². The second kappa shape index (κ2) is 8.21. The first-order chi connectivity index (χ1) is 15.5. The molecule has 0 unspecified atom stereocenters. The maximum atomic E-state index is 14.0. The number of nitrogens with zero attached hydrogens (tertiary/aromatic N) is 4. The number of thiazole rings is 1. The summed E-state index contributed by atoms with van der Waals surface area (Å²) >= 11 is 1.20. The van der Waals surface area contributed by atoms with Gasteiger partial charge in [0, 0.05) is 38.6 Å². The molecule has 0 aliphatic carbocycles. The first-order valence-electron chi connectivity index (χ1n) is 10.2. The molecule has 0 bridgehead atoms. The zero-order valence-electron chi connectivity index (χ0n) is 17.3. The monoisotopic (exact) mass is 452 g/mol. The Kier molecular flexibility index (Phi) is 5.24. The van der Waals surface area contributed by atoms with E-state index in [4.69, 9.17) is 0 Å². The lowest BCUT2D eigenvalue weighted by Gasteiger charge is -2.31. The number of amides is 1. The van der Waals surface area contributed by atoms with Crippen LogP contribution in [0.25, 0.3) is 16.2 Å². The molecule has 2 aromatic carbocycles. The molecule has 0 atom stereocenters. The first-order valence-corrected chi connectivity index (χ1v) is 11.1. The van der Waals surface area contributed by atoms with Crippen molar-refractivity contribution in [2.24, 2.45) is 7.05 Å². The van der Waals surface area contributed by atoms with E-state index in [2.05, 4.69) is 20.5 Å². The number of rotatable bonds is 4. The fourth-order valence-electron chi connectivity index (χ4n) is 3.93. The van der Waals surface area contributed by atoms with E-state index in [0.29, 0.717) is 16.3 Å². The second-order valence-electron chi connectivity index (χ2n) is 7.53. The van der Waals surface area contributed by atoms with Crippen LogP contribution in [0, 0.1) is 5.82 Å². The summed E-state index contributed by atoms with van der Waals surface area (Å²) in [6.07, 6.45) is 0. The highest BCUT2D eigenvalue weighted by molar-refractivity contribution is 7.12. The van der Waals surface area contributed by atoms with Gasteiger partial charge in [-0.2, -0.15) is 0 Å². The average Bonchev–Trinajstić information content (AvgIpc) is 3.38. The number of hydrogen-bond acceptors (Lipinski definition) is 6. The average molecular weight is 453 g/mol. The largest absolute Gasteiger partial charge is 0.367 e. The number of halogens is 1. The van der Waals surface area contributed by atoms with Crippen molar-refractivity contribution in [3.05, 3.63) is 69.8 Å². The molecule has 3 heterocycles. The van der Waals surface area contributed by atoms with Crippen LogP contribution in [0.1, 0.15) is 10.5 Å². The zero-order valence-corrected chi connectivity index (χ0v) is 18.2. The van der Waals surface area contributed by atoms with Gasteiger partial charge < -0.3 is 15.5 Å². The molecular formula is C22H21FN6O2S. The standard InChI is InChI=1S/C22H21FN6O2S/c1-27-18-4-2-3-5-19(18)29(22(27)31)21-26-16(13-32-21)20(30)25-15-12-14(23)6-7-17(15)28-10-8-24-9-11-28/h2-7,12-13,24H,8-11H2,1H3,(H,25,30). The maximum absolute atomic E-state index is 14.0. The van der Waals surface area contributed by atoms with Gasteiger partial charge in [-0.25, -0.2) is 18.7 Å². The Morgan fingerprint density at radius 1 is 1.16 bits per heavy atom. The van der Waals surface area contributed by atoms with Gasteiger partial charge in [0.05, 0.1) is 22.4 Å². The van der Waals surface area contributed by atoms with Crippen molar-refractivity contribution in [2.75, 3.05) is 36.4 Å². The number of anilines is 2. The molecule has 164 valence electrons. The SMILES string of the molecule is Cn1c(=O)n(-c2nc(C(=O)Nc3cc(F)ccc3N3CCNCC3)cs2)c2ccccc21. The van der Waals surface area contributed by atoms with Crippen LogP contribution in [-0.2, 0) is 7.05 Å². The Labute approximate surface area is 186 Å². The molecule has 1 fully saturated rings. The summed E-state index contributed by atoms with van der Waals surface area (Å²) < 4.78 is 17.0. The number of imidazole rings is 1. The van der Waals surface area contributed by atoms with E-state index >= 15 is 0 Å². The summed E-state index contributed by atoms with van der Waals surface area (Å²) in [5.41, 5.74) is 2.58. The minimum absolute atomic E-state index is 0.167. The van der Waals surface area contributed by atoms with E-state index in [-0.39, 0.29) is 11.4 Å². The minimum Gasteiger partial charge on any atom is -0.367 e.